The van der Waals surface area contributed by atoms with Crippen LogP contribution in [0, 0.1) is 19.7 Å². The zero-order chi connectivity index (χ0) is 22.1. The third-order valence-corrected chi connectivity index (χ3v) is 5.49. The van der Waals surface area contributed by atoms with Gasteiger partial charge in [0.1, 0.15) is 11.5 Å². The molecule has 1 N–H and O–H groups in total. The highest BCUT2D eigenvalue weighted by Gasteiger charge is 2.39. The van der Waals surface area contributed by atoms with Gasteiger partial charge in [-0.15, -0.1) is 0 Å². The number of imide groups is 1. The van der Waals surface area contributed by atoms with Gasteiger partial charge in [-0.3, -0.25) is 14.5 Å². The van der Waals surface area contributed by atoms with E-state index in [2.05, 4.69) is 5.32 Å². The molecule has 0 aromatic heterocycles. The first-order valence-corrected chi connectivity index (χ1v) is 10.2. The fourth-order valence-corrected chi connectivity index (χ4v) is 3.65. The molecule has 6 heteroatoms. The van der Waals surface area contributed by atoms with E-state index in [0.29, 0.717) is 10.6 Å². The van der Waals surface area contributed by atoms with Crippen LogP contribution in [0.3, 0.4) is 0 Å². The molecule has 0 aliphatic carbocycles. The summed E-state index contributed by atoms with van der Waals surface area (Å²) in [6, 6.07) is 18.7. The van der Waals surface area contributed by atoms with E-state index in [4.69, 9.17) is 11.6 Å². The van der Waals surface area contributed by atoms with Gasteiger partial charge in [-0.05, 0) is 54.8 Å². The number of benzene rings is 3. The molecule has 31 heavy (non-hydrogen) atoms. The molecule has 156 valence electrons. The molecule has 2 amide bonds. The van der Waals surface area contributed by atoms with Crippen LogP contribution in [-0.2, 0) is 16.1 Å². The van der Waals surface area contributed by atoms with Crippen LogP contribution in [0.5, 0.6) is 0 Å². The number of anilines is 1. The van der Waals surface area contributed by atoms with Gasteiger partial charge < -0.3 is 5.32 Å². The second kappa shape index (κ2) is 8.36. The summed E-state index contributed by atoms with van der Waals surface area (Å²) in [4.78, 5) is 27.7. The average molecular weight is 435 g/mol. The molecule has 3 aromatic carbocycles. The van der Waals surface area contributed by atoms with E-state index in [0.717, 1.165) is 21.7 Å². The maximum atomic E-state index is 14.2. The van der Waals surface area contributed by atoms with E-state index in [9.17, 15) is 14.0 Å². The van der Waals surface area contributed by atoms with Crippen LogP contribution < -0.4 is 5.32 Å². The number of carbonyl (C=O) groups is 2. The van der Waals surface area contributed by atoms with Crippen LogP contribution >= 0.6 is 11.6 Å². The van der Waals surface area contributed by atoms with Crippen molar-refractivity contribution in [2.75, 3.05) is 5.32 Å². The number of carbonyl (C=O) groups excluding carboxylic acids is 2. The van der Waals surface area contributed by atoms with Crippen molar-refractivity contribution >= 4 is 34.7 Å². The summed E-state index contributed by atoms with van der Waals surface area (Å²) in [7, 11) is 0. The van der Waals surface area contributed by atoms with Crippen LogP contribution in [0.1, 0.15) is 22.3 Å². The third-order valence-electron chi connectivity index (χ3n) is 5.24. The van der Waals surface area contributed by atoms with Crippen molar-refractivity contribution in [2.24, 2.45) is 0 Å². The Morgan fingerprint density at radius 1 is 0.935 bits per heavy atom. The number of aryl methyl sites for hydroxylation is 2. The van der Waals surface area contributed by atoms with Crippen molar-refractivity contribution in [3.05, 3.63) is 106 Å². The van der Waals surface area contributed by atoms with Crippen molar-refractivity contribution in [1.82, 2.24) is 4.90 Å². The van der Waals surface area contributed by atoms with E-state index in [1.807, 2.05) is 32.0 Å². The van der Waals surface area contributed by atoms with Gasteiger partial charge in [0.25, 0.3) is 11.8 Å². The van der Waals surface area contributed by atoms with Gasteiger partial charge in [0.2, 0.25) is 0 Å². The van der Waals surface area contributed by atoms with Gasteiger partial charge in [-0.2, -0.15) is 0 Å². The summed E-state index contributed by atoms with van der Waals surface area (Å²) in [5.41, 5.74) is 3.91. The number of rotatable bonds is 5. The van der Waals surface area contributed by atoms with E-state index in [1.54, 1.807) is 42.5 Å². The lowest BCUT2D eigenvalue weighted by atomic mass is 10.0. The van der Waals surface area contributed by atoms with E-state index in [1.165, 1.54) is 6.07 Å². The second-order valence-electron chi connectivity index (χ2n) is 7.49. The van der Waals surface area contributed by atoms with Crippen molar-refractivity contribution < 1.29 is 14.0 Å². The highest BCUT2D eigenvalue weighted by atomic mass is 35.5. The lowest BCUT2D eigenvalue weighted by Gasteiger charge is -2.16. The van der Waals surface area contributed by atoms with E-state index >= 15 is 0 Å². The Morgan fingerprint density at radius 2 is 1.65 bits per heavy atom. The Balaban J connectivity index is 1.78. The molecule has 0 fully saturated rings. The maximum absolute atomic E-state index is 14.2. The van der Waals surface area contributed by atoms with Crippen LogP contribution in [0.15, 0.2) is 72.4 Å². The van der Waals surface area contributed by atoms with Crippen molar-refractivity contribution in [3.63, 3.8) is 0 Å². The normalized spacial score (nSPS) is 13.9. The molecule has 0 unspecified atom stereocenters. The van der Waals surface area contributed by atoms with Crippen molar-refractivity contribution in [3.8, 4) is 0 Å². The average Bonchev–Trinajstić information content (AvgIpc) is 2.97. The number of nitrogens with one attached hydrogen (secondary N) is 1. The van der Waals surface area contributed by atoms with Gasteiger partial charge in [-0.1, -0.05) is 54.1 Å². The summed E-state index contributed by atoms with van der Waals surface area (Å²) >= 11 is 6.01. The van der Waals surface area contributed by atoms with Crippen LogP contribution in [0.4, 0.5) is 10.1 Å². The molecule has 1 aliphatic heterocycles. The largest absolute Gasteiger partial charge is 0.350 e. The second-order valence-corrected chi connectivity index (χ2v) is 7.92. The molecule has 4 rings (SSSR count). The monoisotopic (exact) mass is 434 g/mol. The minimum atomic E-state index is -0.501. The molecule has 0 atom stereocenters. The quantitative estimate of drug-likeness (QED) is 0.540. The fourth-order valence-electron chi connectivity index (χ4n) is 3.52. The first-order valence-electron chi connectivity index (χ1n) is 9.79. The van der Waals surface area contributed by atoms with Crippen LogP contribution in [0.25, 0.3) is 5.57 Å². The van der Waals surface area contributed by atoms with Gasteiger partial charge in [0.05, 0.1) is 12.1 Å². The molecule has 4 nitrogen and oxygen atoms in total. The topological polar surface area (TPSA) is 49.4 Å². The predicted octanol–water partition coefficient (Wildman–Crippen LogP) is 5.49. The van der Waals surface area contributed by atoms with Gasteiger partial charge in [-0.25, -0.2) is 4.39 Å². The van der Waals surface area contributed by atoms with Crippen LogP contribution in [-0.4, -0.2) is 16.7 Å². The summed E-state index contributed by atoms with van der Waals surface area (Å²) in [6.07, 6.45) is 0. The molecule has 0 saturated heterocycles. The highest BCUT2D eigenvalue weighted by molar-refractivity contribution is 6.36. The number of amides is 2. The fraction of sp³-hybridized carbons (Fsp3) is 0.120. The van der Waals surface area contributed by atoms with Gasteiger partial charge in [0.15, 0.2) is 0 Å². The van der Waals surface area contributed by atoms with Crippen LogP contribution in [0.2, 0.25) is 5.02 Å². The Labute approximate surface area is 185 Å². The zero-order valence-electron chi connectivity index (χ0n) is 17.1. The lowest BCUT2D eigenvalue weighted by Crippen LogP contribution is -2.32. The molecule has 1 aliphatic rings. The Morgan fingerprint density at radius 3 is 2.35 bits per heavy atom. The first kappa shape index (κ1) is 20.8. The molecule has 0 radical (unpaired) electrons. The van der Waals surface area contributed by atoms with E-state index in [-0.39, 0.29) is 23.4 Å². The Hall–Kier alpha value is -3.44. The number of halogens is 2. The number of hydrogen-bond donors (Lipinski definition) is 1. The Kier molecular flexibility index (Phi) is 5.61. The minimum Gasteiger partial charge on any atom is -0.350 e. The smallest absolute Gasteiger partial charge is 0.278 e. The molecular weight excluding hydrogens is 415 g/mol. The molecule has 0 saturated carbocycles. The highest BCUT2D eigenvalue weighted by Crippen LogP contribution is 2.33. The number of nitrogens with zero attached hydrogens (tertiary/aromatic N) is 1. The lowest BCUT2D eigenvalue weighted by molar-refractivity contribution is -0.137. The molecule has 0 spiro atoms. The number of hydrogen-bond acceptors (Lipinski definition) is 3. The summed E-state index contributed by atoms with van der Waals surface area (Å²) in [5, 5.41) is 3.69. The minimum absolute atomic E-state index is 0.153. The summed E-state index contributed by atoms with van der Waals surface area (Å²) < 4.78 is 14.2. The third kappa shape index (κ3) is 4.09. The molecular formula is C25H20ClFN2O2. The maximum Gasteiger partial charge on any atom is 0.278 e. The predicted molar refractivity (Wildman–Crippen MR) is 120 cm³/mol. The Bertz CT molecular complexity index is 1220. The van der Waals surface area contributed by atoms with Crippen molar-refractivity contribution in [2.45, 2.75) is 20.4 Å². The summed E-state index contributed by atoms with van der Waals surface area (Å²) in [5.74, 6) is -1.45. The molecule has 0 bridgehead atoms. The SMILES string of the molecule is Cc1ccc(C)c(NC2=C(c3ccc(Cl)cc3)C(=O)N(Cc3ccccc3F)C2=O)c1. The zero-order valence-corrected chi connectivity index (χ0v) is 17.8. The van der Waals surface area contributed by atoms with Crippen molar-refractivity contribution in [1.29, 1.82) is 0 Å². The van der Waals surface area contributed by atoms with E-state index < -0.39 is 17.6 Å². The molecule has 1 heterocycles. The van der Waals surface area contributed by atoms with Gasteiger partial charge in [0, 0.05) is 16.3 Å². The summed E-state index contributed by atoms with van der Waals surface area (Å²) in [6.45, 7) is 3.72. The van der Waals surface area contributed by atoms with Gasteiger partial charge >= 0.3 is 0 Å². The standard InChI is InChI=1S/C25H20ClFN2O2/c1-15-7-8-16(2)21(13-15)28-23-22(17-9-11-19(26)12-10-17)24(30)29(25(23)31)14-18-5-3-4-6-20(18)27/h3-13,28H,14H2,1-2H3. The first-order chi connectivity index (χ1) is 14.8. The molecule has 3 aromatic rings.